The number of aromatic nitrogens is 2. The standard InChI is InChI=1S/C15H22N2O2/c1-15(8-4-5-9-19-15)14-16-12(10-13(18)17-14)11-6-2-3-7-11/h10-11H,2-9H2,1H3,(H,16,17,18). The first-order chi connectivity index (χ1) is 9.17. The topological polar surface area (TPSA) is 55.0 Å². The highest BCUT2D eigenvalue weighted by atomic mass is 16.5. The molecule has 0 radical (unpaired) electrons. The number of hydrogen-bond donors (Lipinski definition) is 1. The van der Waals surface area contributed by atoms with Gasteiger partial charge in [-0.05, 0) is 39.0 Å². The normalized spacial score (nSPS) is 28.7. The van der Waals surface area contributed by atoms with Gasteiger partial charge in [-0.1, -0.05) is 12.8 Å². The Kier molecular flexibility index (Phi) is 3.44. The molecule has 0 spiro atoms. The fourth-order valence-corrected chi connectivity index (χ4v) is 3.28. The fraction of sp³-hybridized carbons (Fsp3) is 0.733. The van der Waals surface area contributed by atoms with E-state index in [9.17, 15) is 4.79 Å². The third-order valence-corrected chi connectivity index (χ3v) is 4.50. The lowest BCUT2D eigenvalue weighted by molar-refractivity contribution is -0.0763. The molecule has 4 nitrogen and oxygen atoms in total. The van der Waals surface area contributed by atoms with Crippen LogP contribution in [0.4, 0.5) is 0 Å². The van der Waals surface area contributed by atoms with E-state index in [0.717, 1.165) is 50.2 Å². The van der Waals surface area contributed by atoms with E-state index in [1.807, 2.05) is 6.92 Å². The van der Waals surface area contributed by atoms with Crippen LogP contribution in [0.1, 0.15) is 69.3 Å². The van der Waals surface area contributed by atoms with Crippen molar-refractivity contribution in [2.75, 3.05) is 6.61 Å². The molecule has 1 atom stereocenters. The van der Waals surface area contributed by atoms with Gasteiger partial charge in [0.05, 0.1) is 5.69 Å². The minimum atomic E-state index is -0.411. The highest BCUT2D eigenvalue weighted by Crippen LogP contribution is 2.35. The Morgan fingerprint density at radius 2 is 2.11 bits per heavy atom. The third-order valence-electron chi connectivity index (χ3n) is 4.50. The maximum absolute atomic E-state index is 11.9. The van der Waals surface area contributed by atoms with Crippen LogP contribution < -0.4 is 5.56 Å². The van der Waals surface area contributed by atoms with Gasteiger partial charge in [-0.3, -0.25) is 4.79 Å². The molecule has 104 valence electrons. The van der Waals surface area contributed by atoms with Crippen LogP contribution in [-0.4, -0.2) is 16.6 Å². The van der Waals surface area contributed by atoms with Crippen LogP contribution in [0, 0.1) is 0 Å². The first-order valence-electron chi connectivity index (χ1n) is 7.43. The number of H-pyrrole nitrogens is 1. The molecule has 1 aromatic heterocycles. The molecule has 1 N–H and O–H groups in total. The molecule has 19 heavy (non-hydrogen) atoms. The Morgan fingerprint density at radius 1 is 1.32 bits per heavy atom. The molecule has 3 rings (SSSR count). The Bertz CT molecular complexity index is 497. The van der Waals surface area contributed by atoms with Crippen molar-refractivity contribution in [1.29, 1.82) is 0 Å². The Morgan fingerprint density at radius 3 is 2.79 bits per heavy atom. The van der Waals surface area contributed by atoms with Crippen molar-refractivity contribution in [3.8, 4) is 0 Å². The molecule has 2 heterocycles. The Labute approximate surface area is 113 Å². The first kappa shape index (κ1) is 12.9. The summed E-state index contributed by atoms with van der Waals surface area (Å²) in [7, 11) is 0. The molecule has 1 saturated carbocycles. The number of hydrogen-bond acceptors (Lipinski definition) is 3. The van der Waals surface area contributed by atoms with Gasteiger partial charge in [-0.15, -0.1) is 0 Å². The summed E-state index contributed by atoms with van der Waals surface area (Å²) in [5.74, 6) is 1.19. The van der Waals surface area contributed by atoms with Gasteiger partial charge in [0.15, 0.2) is 0 Å². The van der Waals surface area contributed by atoms with Crippen LogP contribution >= 0.6 is 0 Å². The average molecular weight is 262 g/mol. The van der Waals surface area contributed by atoms with Crippen molar-refractivity contribution in [1.82, 2.24) is 9.97 Å². The summed E-state index contributed by atoms with van der Waals surface area (Å²) in [4.78, 5) is 19.5. The fourth-order valence-electron chi connectivity index (χ4n) is 3.28. The van der Waals surface area contributed by atoms with E-state index >= 15 is 0 Å². The zero-order chi connectivity index (χ0) is 13.3. The number of ether oxygens (including phenoxy) is 1. The number of aromatic amines is 1. The SMILES string of the molecule is CC1(c2nc(C3CCCC3)cc(=O)[nH]2)CCCCO1. The molecule has 4 heteroatoms. The van der Waals surface area contributed by atoms with Crippen LogP contribution in [0.2, 0.25) is 0 Å². The lowest BCUT2D eigenvalue weighted by atomic mass is 9.94. The van der Waals surface area contributed by atoms with Crippen molar-refractivity contribution < 1.29 is 4.74 Å². The minimum Gasteiger partial charge on any atom is -0.367 e. The second-order valence-corrected chi connectivity index (χ2v) is 6.04. The first-order valence-corrected chi connectivity index (χ1v) is 7.43. The van der Waals surface area contributed by atoms with Gasteiger partial charge in [0.1, 0.15) is 11.4 Å². The smallest absolute Gasteiger partial charge is 0.251 e. The number of nitrogens with one attached hydrogen (secondary N) is 1. The highest BCUT2D eigenvalue weighted by Gasteiger charge is 2.33. The van der Waals surface area contributed by atoms with E-state index < -0.39 is 5.60 Å². The molecule has 2 fully saturated rings. The van der Waals surface area contributed by atoms with Gasteiger partial charge in [0.25, 0.3) is 5.56 Å². The monoisotopic (exact) mass is 262 g/mol. The van der Waals surface area contributed by atoms with Gasteiger partial charge in [-0.2, -0.15) is 0 Å². The van der Waals surface area contributed by atoms with E-state index in [1.54, 1.807) is 6.07 Å². The molecule has 1 aliphatic carbocycles. The van der Waals surface area contributed by atoms with Gasteiger partial charge in [0, 0.05) is 18.6 Å². The molecule has 1 aliphatic heterocycles. The quantitative estimate of drug-likeness (QED) is 0.891. The van der Waals surface area contributed by atoms with Crippen LogP contribution in [0.5, 0.6) is 0 Å². The maximum Gasteiger partial charge on any atom is 0.251 e. The lowest BCUT2D eigenvalue weighted by Crippen LogP contribution is -2.34. The van der Waals surface area contributed by atoms with Gasteiger partial charge in [-0.25, -0.2) is 4.98 Å². The molecule has 0 amide bonds. The van der Waals surface area contributed by atoms with E-state index in [-0.39, 0.29) is 5.56 Å². The minimum absolute atomic E-state index is 0.0395. The largest absolute Gasteiger partial charge is 0.367 e. The summed E-state index contributed by atoms with van der Waals surface area (Å²) in [5, 5.41) is 0. The average Bonchev–Trinajstić information content (AvgIpc) is 2.93. The summed E-state index contributed by atoms with van der Waals surface area (Å²) in [6.45, 7) is 2.80. The van der Waals surface area contributed by atoms with Crippen molar-refractivity contribution in [3.05, 3.63) is 27.9 Å². The summed E-state index contributed by atoms with van der Waals surface area (Å²) < 4.78 is 5.89. The molecule has 1 unspecified atom stereocenters. The predicted octanol–water partition coefficient (Wildman–Crippen LogP) is 2.84. The second-order valence-electron chi connectivity index (χ2n) is 6.04. The van der Waals surface area contributed by atoms with Gasteiger partial charge in [0.2, 0.25) is 0 Å². The molecular formula is C15H22N2O2. The van der Waals surface area contributed by atoms with E-state index in [0.29, 0.717) is 5.92 Å². The number of rotatable bonds is 2. The highest BCUT2D eigenvalue weighted by molar-refractivity contribution is 5.13. The van der Waals surface area contributed by atoms with Gasteiger partial charge >= 0.3 is 0 Å². The second kappa shape index (κ2) is 5.08. The molecule has 1 aromatic rings. The molecule has 0 bridgehead atoms. The molecular weight excluding hydrogens is 240 g/mol. The summed E-state index contributed by atoms with van der Waals surface area (Å²) in [6.07, 6.45) is 7.99. The Balaban J connectivity index is 1.94. The summed E-state index contributed by atoms with van der Waals surface area (Å²) >= 11 is 0. The third kappa shape index (κ3) is 2.59. The van der Waals surface area contributed by atoms with E-state index in [1.165, 1.54) is 12.8 Å². The zero-order valence-electron chi connectivity index (χ0n) is 11.6. The summed E-state index contributed by atoms with van der Waals surface area (Å²) in [5.41, 5.74) is 0.514. The van der Waals surface area contributed by atoms with Crippen molar-refractivity contribution in [2.45, 2.75) is 63.4 Å². The molecule has 0 aromatic carbocycles. The van der Waals surface area contributed by atoms with Crippen LogP contribution in [0.25, 0.3) is 0 Å². The van der Waals surface area contributed by atoms with Crippen molar-refractivity contribution >= 4 is 0 Å². The zero-order valence-corrected chi connectivity index (χ0v) is 11.6. The molecule has 1 saturated heterocycles. The van der Waals surface area contributed by atoms with Crippen LogP contribution in [-0.2, 0) is 10.3 Å². The number of nitrogens with zero attached hydrogens (tertiary/aromatic N) is 1. The van der Waals surface area contributed by atoms with Gasteiger partial charge < -0.3 is 9.72 Å². The van der Waals surface area contributed by atoms with Crippen molar-refractivity contribution in [2.24, 2.45) is 0 Å². The van der Waals surface area contributed by atoms with Crippen LogP contribution in [0.3, 0.4) is 0 Å². The Hall–Kier alpha value is -1.16. The molecule has 2 aliphatic rings. The summed E-state index contributed by atoms with van der Waals surface area (Å²) in [6, 6.07) is 1.67. The van der Waals surface area contributed by atoms with E-state index in [4.69, 9.17) is 9.72 Å². The van der Waals surface area contributed by atoms with Crippen molar-refractivity contribution in [3.63, 3.8) is 0 Å². The lowest BCUT2D eigenvalue weighted by Gasteiger charge is -2.33. The van der Waals surface area contributed by atoms with E-state index in [2.05, 4.69) is 4.98 Å². The maximum atomic E-state index is 11.9. The van der Waals surface area contributed by atoms with Crippen LogP contribution in [0.15, 0.2) is 10.9 Å². The predicted molar refractivity (Wildman–Crippen MR) is 73.2 cm³/mol.